The highest BCUT2D eigenvalue weighted by molar-refractivity contribution is 5.80. The molecule has 0 unspecified atom stereocenters. The molecule has 0 amide bonds. The Morgan fingerprint density at radius 1 is 1.31 bits per heavy atom. The molecule has 0 aliphatic rings. The number of hydrogen-bond acceptors (Lipinski definition) is 2. The molecule has 0 aromatic heterocycles. The number of rotatable bonds is 5. The Hall–Kier alpha value is -1.31. The summed E-state index contributed by atoms with van der Waals surface area (Å²) in [5.41, 5.74) is 2.76. The number of allylic oxidation sites excluding steroid dienone is 4. The Bertz CT molecular complexity index is 239. The molecule has 1 N–H and O–H groups in total. The van der Waals surface area contributed by atoms with Crippen molar-refractivity contribution in [1.29, 1.82) is 5.41 Å². The van der Waals surface area contributed by atoms with E-state index in [9.17, 15) is 0 Å². The summed E-state index contributed by atoms with van der Waals surface area (Å²) >= 11 is 0. The first-order valence-electron chi connectivity index (χ1n) is 4.23. The van der Waals surface area contributed by atoms with Gasteiger partial charge in [0.1, 0.15) is 0 Å². The van der Waals surface area contributed by atoms with Crippen molar-refractivity contribution in [2.45, 2.75) is 13.8 Å². The molecule has 2 nitrogen and oxygen atoms in total. The minimum atomic E-state index is 0.648. The number of nitrogens with one attached hydrogen (secondary N) is 1. The minimum Gasteiger partial charge on any atom is -0.372 e. The fraction of sp³-hybridized carbons (Fsp3) is 0.364. The van der Waals surface area contributed by atoms with E-state index in [1.165, 1.54) is 0 Å². The molecular weight excluding hydrogens is 160 g/mol. The van der Waals surface area contributed by atoms with Crippen LogP contribution in [0.3, 0.4) is 0 Å². The fourth-order valence-electron chi connectivity index (χ4n) is 1.07. The Morgan fingerprint density at radius 3 is 2.08 bits per heavy atom. The second-order valence-corrected chi connectivity index (χ2v) is 3.09. The summed E-state index contributed by atoms with van der Waals surface area (Å²) in [5, 5.41) is 7.36. The van der Waals surface area contributed by atoms with Crippen LogP contribution in [0.15, 0.2) is 36.6 Å². The molecule has 2 heteroatoms. The van der Waals surface area contributed by atoms with E-state index in [-0.39, 0.29) is 0 Å². The van der Waals surface area contributed by atoms with Gasteiger partial charge in [-0.1, -0.05) is 25.3 Å². The van der Waals surface area contributed by atoms with Gasteiger partial charge in [0.15, 0.2) is 0 Å². The van der Waals surface area contributed by atoms with Crippen LogP contribution in [-0.2, 0) is 0 Å². The molecule has 13 heavy (non-hydrogen) atoms. The predicted molar refractivity (Wildman–Crippen MR) is 59.1 cm³/mol. The largest absolute Gasteiger partial charge is 0.372 e. The maximum atomic E-state index is 7.36. The first kappa shape index (κ1) is 11.7. The van der Waals surface area contributed by atoms with Gasteiger partial charge < -0.3 is 10.3 Å². The summed E-state index contributed by atoms with van der Waals surface area (Å²) < 4.78 is 0. The van der Waals surface area contributed by atoms with Crippen LogP contribution in [0.4, 0.5) is 0 Å². The summed E-state index contributed by atoms with van der Waals surface area (Å²) in [6, 6.07) is 0. The summed E-state index contributed by atoms with van der Waals surface area (Å²) in [6.45, 7) is 11.9. The van der Waals surface area contributed by atoms with Gasteiger partial charge in [0.05, 0.1) is 6.54 Å². The van der Waals surface area contributed by atoms with Crippen molar-refractivity contribution in [2.75, 3.05) is 13.6 Å². The quantitative estimate of drug-likeness (QED) is 0.508. The molecule has 0 bridgehead atoms. The third-order valence-electron chi connectivity index (χ3n) is 1.90. The fourth-order valence-corrected chi connectivity index (χ4v) is 1.07. The van der Waals surface area contributed by atoms with Crippen molar-refractivity contribution < 1.29 is 0 Å². The normalized spacial score (nSPS) is 8.85. The van der Waals surface area contributed by atoms with Crippen LogP contribution < -0.4 is 0 Å². The standard InChI is InChI=1S/C11H18N2/c1-6-11(7-2)10(4)13(5)8-9(3)12/h6-7,12H,1-2,8H2,3-5H3. The first-order chi connectivity index (χ1) is 6.02. The highest BCUT2D eigenvalue weighted by Gasteiger charge is 2.02. The van der Waals surface area contributed by atoms with Crippen LogP contribution in [0.1, 0.15) is 13.8 Å². The summed E-state index contributed by atoms with van der Waals surface area (Å²) in [4.78, 5) is 2.01. The van der Waals surface area contributed by atoms with Crippen molar-refractivity contribution in [3.63, 3.8) is 0 Å². The van der Waals surface area contributed by atoms with E-state index in [4.69, 9.17) is 5.41 Å². The molecule has 0 atom stereocenters. The van der Waals surface area contributed by atoms with Crippen LogP contribution in [0.25, 0.3) is 0 Å². The smallest absolute Gasteiger partial charge is 0.0546 e. The van der Waals surface area contributed by atoms with Gasteiger partial charge in [-0.15, -0.1) is 0 Å². The van der Waals surface area contributed by atoms with Gasteiger partial charge in [0.2, 0.25) is 0 Å². The van der Waals surface area contributed by atoms with E-state index in [2.05, 4.69) is 13.2 Å². The van der Waals surface area contributed by atoms with Crippen molar-refractivity contribution in [2.24, 2.45) is 0 Å². The highest BCUT2D eigenvalue weighted by atomic mass is 15.1. The van der Waals surface area contributed by atoms with Gasteiger partial charge >= 0.3 is 0 Å². The molecular formula is C11H18N2. The summed E-state index contributed by atoms with van der Waals surface area (Å²) in [5.74, 6) is 0. The lowest BCUT2D eigenvalue weighted by Crippen LogP contribution is -2.22. The van der Waals surface area contributed by atoms with Crippen molar-refractivity contribution in [3.05, 3.63) is 36.6 Å². The van der Waals surface area contributed by atoms with Gasteiger partial charge in [-0.25, -0.2) is 0 Å². The molecule has 0 aliphatic heterocycles. The maximum absolute atomic E-state index is 7.36. The topological polar surface area (TPSA) is 27.1 Å². The molecule has 0 saturated heterocycles. The molecule has 0 rings (SSSR count). The lowest BCUT2D eigenvalue weighted by atomic mass is 10.2. The van der Waals surface area contributed by atoms with Crippen molar-refractivity contribution >= 4 is 5.71 Å². The van der Waals surface area contributed by atoms with Crippen molar-refractivity contribution in [3.8, 4) is 0 Å². The SMILES string of the molecule is C=CC(C=C)=C(C)N(C)CC(C)=N. The van der Waals surface area contributed by atoms with Gasteiger partial charge in [-0.3, -0.25) is 0 Å². The molecule has 0 spiro atoms. The molecule has 0 saturated carbocycles. The second-order valence-electron chi connectivity index (χ2n) is 3.09. The van der Waals surface area contributed by atoms with E-state index in [1.54, 1.807) is 19.1 Å². The predicted octanol–water partition coefficient (Wildman–Crippen LogP) is 2.60. The van der Waals surface area contributed by atoms with E-state index < -0.39 is 0 Å². The molecule has 0 fully saturated rings. The number of hydrogen-bond donors (Lipinski definition) is 1. The zero-order valence-corrected chi connectivity index (χ0v) is 8.72. The maximum Gasteiger partial charge on any atom is 0.0546 e. The molecule has 0 aromatic rings. The van der Waals surface area contributed by atoms with Crippen LogP contribution in [0.5, 0.6) is 0 Å². The van der Waals surface area contributed by atoms with E-state index in [1.807, 2.05) is 18.9 Å². The average molecular weight is 178 g/mol. The number of nitrogens with zero attached hydrogens (tertiary/aromatic N) is 1. The van der Waals surface area contributed by atoms with Gasteiger partial charge in [0, 0.05) is 18.5 Å². The van der Waals surface area contributed by atoms with E-state index in [0.29, 0.717) is 12.3 Å². The van der Waals surface area contributed by atoms with Crippen LogP contribution >= 0.6 is 0 Å². The molecule has 0 aromatic carbocycles. The third kappa shape index (κ3) is 3.74. The Kier molecular flexibility index (Phi) is 4.82. The second kappa shape index (κ2) is 5.36. The lowest BCUT2D eigenvalue weighted by molar-refractivity contribution is 0.474. The average Bonchev–Trinajstić information content (AvgIpc) is 2.05. The Labute approximate surface area is 80.8 Å². The van der Waals surface area contributed by atoms with Gasteiger partial charge in [-0.05, 0) is 19.4 Å². The molecule has 72 valence electrons. The van der Waals surface area contributed by atoms with E-state index >= 15 is 0 Å². The highest BCUT2D eigenvalue weighted by Crippen LogP contribution is 2.09. The minimum absolute atomic E-state index is 0.648. The molecule has 0 radical (unpaired) electrons. The van der Waals surface area contributed by atoms with Gasteiger partial charge in [0.25, 0.3) is 0 Å². The van der Waals surface area contributed by atoms with Crippen molar-refractivity contribution in [1.82, 2.24) is 4.90 Å². The van der Waals surface area contributed by atoms with Crippen LogP contribution in [0.2, 0.25) is 0 Å². The first-order valence-corrected chi connectivity index (χ1v) is 4.23. The molecule has 0 aliphatic carbocycles. The van der Waals surface area contributed by atoms with Crippen LogP contribution in [-0.4, -0.2) is 24.2 Å². The lowest BCUT2D eigenvalue weighted by Gasteiger charge is -2.20. The summed E-state index contributed by atoms with van der Waals surface area (Å²) in [6.07, 6.45) is 3.55. The molecule has 0 heterocycles. The Balaban J connectivity index is 4.63. The van der Waals surface area contributed by atoms with E-state index in [0.717, 1.165) is 11.3 Å². The zero-order valence-electron chi connectivity index (χ0n) is 8.72. The third-order valence-corrected chi connectivity index (χ3v) is 1.90. The Morgan fingerprint density at radius 2 is 1.77 bits per heavy atom. The van der Waals surface area contributed by atoms with Gasteiger partial charge in [-0.2, -0.15) is 0 Å². The van der Waals surface area contributed by atoms with Crippen LogP contribution in [0, 0.1) is 5.41 Å². The monoisotopic (exact) mass is 178 g/mol. The summed E-state index contributed by atoms with van der Waals surface area (Å²) in [7, 11) is 1.96. The zero-order chi connectivity index (χ0) is 10.4.